The molecule has 276 valence electrons. The van der Waals surface area contributed by atoms with Crippen LogP contribution in [0.3, 0.4) is 0 Å². The molecule has 8 nitrogen and oxygen atoms in total. The molecule has 0 radical (unpaired) electrons. The lowest BCUT2D eigenvalue weighted by Crippen LogP contribution is -2.70. The van der Waals surface area contributed by atoms with Gasteiger partial charge in [-0.2, -0.15) is 0 Å². The minimum Gasteiger partial charge on any atom is -0.481 e. The molecule has 6 rings (SSSR count). The highest BCUT2D eigenvalue weighted by Crippen LogP contribution is 2.75. The van der Waals surface area contributed by atoms with E-state index < -0.39 is 5.97 Å². The smallest absolute Gasteiger partial charge is 0.307 e. The van der Waals surface area contributed by atoms with Gasteiger partial charge in [0, 0.05) is 23.3 Å². The van der Waals surface area contributed by atoms with E-state index in [1.165, 1.54) is 5.57 Å². The summed E-state index contributed by atoms with van der Waals surface area (Å²) >= 11 is 1.62. The van der Waals surface area contributed by atoms with Crippen LogP contribution in [0.2, 0.25) is 0 Å². The van der Waals surface area contributed by atoms with Crippen molar-refractivity contribution >= 4 is 17.3 Å². The zero-order valence-electron chi connectivity index (χ0n) is 31.6. The lowest BCUT2D eigenvalue weighted by molar-refractivity contribution is -0.269. The highest BCUT2D eigenvalue weighted by Gasteiger charge is 2.71. The molecule has 4 fully saturated rings. The summed E-state index contributed by atoms with van der Waals surface area (Å²) in [6.07, 6.45) is 11.1. The number of methoxy groups -OCH3 is 1. The standard InChI is InChI=1S/C40H65N3O5S/c1-24(2)25(3)36(4)16-17-38(6)27-12-13-31-37(5)22-47-23-40(31,28(27)14-15-39(38,7)32(36)35(44)45)19-30(46-8)33(37)48-20-26-21-49-34(43-26)29(42)11-9-10-18-41/h14,21,24-25,27,29-33H,9-13,15-20,22-23,41-42H2,1-8H3,(H,44,45)/t25-,27+,29+,30-,31?,32-,33+,36-,37?,38-,39+,40+/m1/s1. The van der Waals surface area contributed by atoms with Crippen LogP contribution >= 0.6 is 11.3 Å². The fourth-order valence-corrected chi connectivity index (χ4v) is 13.3. The maximum absolute atomic E-state index is 13.4. The van der Waals surface area contributed by atoms with Crippen LogP contribution in [-0.2, 0) is 25.6 Å². The van der Waals surface area contributed by atoms with Gasteiger partial charge in [0.25, 0.3) is 0 Å². The van der Waals surface area contributed by atoms with Gasteiger partial charge in [0.2, 0.25) is 0 Å². The summed E-state index contributed by atoms with van der Waals surface area (Å²) in [4.78, 5) is 18.3. The Morgan fingerprint density at radius 2 is 1.88 bits per heavy atom. The first-order chi connectivity index (χ1) is 23.1. The van der Waals surface area contributed by atoms with Crippen LogP contribution < -0.4 is 11.5 Å². The molecule has 1 aromatic heterocycles. The molecular formula is C40H65N3O5S. The zero-order valence-corrected chi connectivity index (χ0v) is 32.4. The van der Waals surface area contributed by atoms with Gasteiger partial charge >= 0.3 is 5.97 Å². The molecule has 0 spiro atoms. The van der Waals surface area contributed by atoms with Gasteiger partial charge < -0.3 is 30.8 Å². The van der Waals surface area contributed by atoms with E-state index in [2.05, 4.69) is 59.9 Å². The van der Waals surface area contributed by atoms with E-state index in [0.717, 1.165) is 68.5 Å². The van der Waals surface area contributed by atoms with E-state index in [1.807, 2.05) is 7.11 Å². The number of fused-ring (bicyclic) bond motifs is 3. The molecule has 12 atom stereocenters. The second-order valence-corrected chi connectivity index (χ2v) is 19.0. The van der Waals surface area contributed by atoms with Crippen LogP contribution in [0.5, 0.6) is 0 Å². The van der Waals surface area contributed by atoms with Crippen LogP contribution in [0.4, 0.5) is 0 Å². The molecule has 0 amide bonds. The largest absolute Gasteiger partial charge is 0.481 e. The molecule has 3 saturated carbocycles. The number of nitrogens with zero attached hydrogens (tertiary/aromatic N) is 1. The number of hydrogen-bond donors (Lipinski definition) is 3. The van der Waals surface area contributed by atoms with Crippen molar-refractivity contribution in [2.24, 2.45) is 68.1 Å². The zero-order chi connectivity index (χ0) is 35.6. The molecule has 2 heterocycles. The topological polar surface area (TPSA) is 130 Å². The molecule has 1 aliphatic heterocycles. The Kier molecular flexibility index (Phi) is 10.4. The molecule has 5 aliphatic rings. The number of aliphatic carboxylic acids is 1. The van der Waals surface area contributed by atoms with Crippen molar-refractivity contribution in [1.29, 1.82) is 0 Å². The molecular weight excluding hydrogens is 635 g/mol. The second-order valence-electron chi connectivity index (χ2n) is 18.1. The number of carbonyl (C=O) groups is 1. The van der Waals surface area contributed by atoms with E-state index in [0.29, 0.717) is 50.0 Å². The maximum atomic E-state index is 13.4. The lowest BCUT2D eigenvalue weighted by Gasteiger charge is -2.71. The number of carboxylic acid groups (broad SMARTS) is 1. The second kappa shape index (κ2) is 13.6. The number of hydrogen-bond acceptors (Lipinski definition) is 8. The Hall–Kier alpha value is -1.36. The van der Waals surface area contributed by atoms with Gasteiger partial charge in [-0.05, 0) is 97.8 Å². The van der Waals surface area contributed by atoms with Gasteiger partial charge in [0.15, 0.2) is 0 Å². The SMILES string of the molecule is CO[C@@H]1C[C@@]23COCC(C)(C2CC[C@H]2C3=CC[C@@]3(C)[C@H](C(=O)O)[C@@](C)([C@H](C)C(C)C)CC[C@]23C)[C@H]1OCc1csc([C@@H](N)CCCCN)n1. The van der Waals surface area contributed by atoms with Crippen LogP contribution in [0, 0.1) is 56.7 Å². The molecule has 1 aromatic rings. The molecule has 2 bridgehead atoms. The number of carboxylic acids is 1. The summed E-state index contributed by atoms with van der Waals surface area (Å²) in [5.41, 5.74) is 13.6. The quantitative estimate of drug-likeness (QED) is 0.149. The van der Waals surface area contributed by atoms with Gasteiger partial charge in [0.05, 0.1) is 49.7 Å². The average molecular weight is 700 g/mol. The van der Waals surface area contributed by atoms with Crippen molar-refractivity contribution in [2.75, 3.05) is 26.9 Å². The van der Waals surface area contributed by atoms with Gasteiger partial charge in [0.1, 0.15) is 5.01 Å². The average Bonchev–Trinajstić information content (AvgIpc) is 3.53. The van der Waals surface area contributed by atoms with E-state index in [-0.39, 0.29) is 51.2 Å². The summed E-state index contributed by atoms with van der Waals surface area (Å²) in [6, 6.07) is -0.0680. The normalized spacial score (nSPS) is 42.8. The maximum Gasteiger partial charge on any atom is 0.307 e. The van der Waals surface area contributed by atoms with Gasteiger partial charge in [-0.1, -0.05) is 66.5 Å². The number of ether oxygens (including phenoxy) is 3. The molecule has 0 aromatic carbocycles. The highest BCUT2D eigenvalue weighted by molar-refractivity contribution is 7.09. The third-order valence-corrected chi connectivity index (χ3v) is 16.7. The summed E-state index contributed by atoms with van der Waals surface area (Å²) in [5.74, 6) is 0.511. The predicted molar refractivity (Wildman–Crippen MR) is 195 cm³/mol. The third-order valence-electron chi connectivity index (χ3n) is 15.6. The first kappa shape index (κ1) is 37.4. The number of allylic oxidation sites excluding steroid dienone is 1. The van der Waals surface area contributed by atoms with E-state index in [1.54, 1.807) is 11.3 Å². The Morgan fingerprint density at radius 1 is 1.12 bits per heavy atom. The molecule has 1 saturated heterocycles. The molecule has 2 unspecified atom stereocenters. The van der Waals surface area contributed by atoms with E-state index >= 15 is 0 Å². The summed E-state index contributed by atoms with van der Waals surface area (Å²) < 4.78 is 19.9. The molecule has 9 heteroatoms. The summed E-state index contributed by atoms with van der Waals surface area (Å²) in [7, 11) is 1.84. The number of nitrogens with two attached hydrogens (primary N) is 2. The molecule has 5 N–H and O–H groups in total. The van der Waals surface area contributed by atoms with Crippen LogP contribution in [-0.4, -0.2) is 55.1 Å². The Labute approximate surface area is 299 Å². The Bertz CT molecular complexity index is 1400. The fourth-order valence-electron chi connectivity index (χ4n) is 12.4. The highest BCUT2D eigenvalue weighted by atomic mass is 32.1. The monoisotopic (exact) mass is 699 g/mol. The molecule has 4 aliphatic carbocycles. The van der Waals surface area contributed by atoms with E-state index in [9.17, 15) is 9.90 Å². The van der Waals surface area contributed by atoms with Crippen LogP contribution in [0.25, 0.3) is 0 Å². The Balaban J connectivity index is 1.28. The van der Waals surface area contributed by atoms with Gasteiger partial charge in [-0.25, -0.2) is 4.98 Å². The first-order valence-corrected chi connectivity index (χ1v) is 20.1. The summed E-state index contributed by atoms with van der Waals surface area (Å²) in [5, 5.41) is 14.0. The summed E-state index contributed by atoms with van der Waals surface area (Å²) in [6.45, 7) is 18.7. The van der Waals surface area contributed by atoms with Crippen molar-refractivity contribution in [1.82, 2.24) is 4.98 Å². The third kappa shape index (κ3) is 5.70. The number of thiazole rings is 1. The Morgan fingerprint density at radius 3 is 2.55 bits per heavy atom. The number of aromatic nitrogens is 1. The number of unbranched alkanes of at least 4 members (excludes halogenated alkanes) is 1. The first-order valence-electron chi connectivity index (χ1n) is 19.2. The number of rotatable bonds is 12. The van der Waals surface area contributed by atoms with Gasteiger partial charge in [-0.15, -0.1) is 11.3 Å². The lowest BCUT2D eigenvalue weighted by atomic mass is 9.34. The van der Waals surface area contributed by atoms with Crippen molar-refractivity contribution < 1.29 is 24.1 Å². The van der Waals surface area contributed by atoms with Crippen molar-refractivity contribution in [3.05, 3.63) is 27.7 Å². The van der Waals surface area contributed by atoms with Crippen LogP contribution in [0.15, 0.2) is 17.0 Å². The van der Waals surface area contributed by atoms with Crippen molar-refractivity contribution in [2.45, 2.75) is 131 Å². The van der Waals surface area contributed by atoms with Gasteiger partial charge in [-0.3, -0.25) is 4.79 Å². The molecule has 49 heavy (non-hydrogen) atoms. The minimum atomic E-state index is -0.612. The fraction of sp³-hybridized carbons (Fsp3) is 0.850. The van der Waals surface area contributed by atoms with Crippen LogP contribution in [0.1, 0.15) is 123 Å². The van der Waals surface area contributed by atoms with Crippen molar-refractivity contribution in [3.8, 4) is 0 Å². The van der Waals surface area contributed by atoms with E-state index in [4.69, 9.17) is 30.7 Å². The minimum absolute atomic E-state index is 0.0680. The van der Waals surface area contributed by atoms with Crippen molar-refractivity contribution in [3.63, 3.8) is 0 Å². The predicted octanol–water partition coefficient (Wildman–Crippen LogP) is 7.76.